The van der Waals surface area contributed by atoms with Crippen LogP contribution in [-0.4, -0.2) is 34.7 Å². The third kappa shape index (κ3) is 2.62. The number of H-pyrrole nitrogens is 1. The van der Waals surface area contributed by atoms with E-state index in [1.807, 2.05) is 25.1 Å². The van der Waals surface area contributed by atoms with Crippen molar-refractivity contribution in [2.75, 3.05) is 19.7 Å². The van der Waals surface area contributed by atoms with Gasteiger partial charge in [-0.05, 0) is 48.9 Å². The van der Waals surface area contributed by atoms with E-state index in [4.69, 9.17) is 0 Å². The van der Waals surface area contributed by atoms with Gasteiger partial charge in [0.2, 0.25) is 0 Å². The van der Waals surface area contributed by atoms with E-state index < -0.39 is 0 Å². The van der Waals surface area contributed by atoms with Gasteiger partial charge in [0.25, 0.3) is 5.56 Å². The summed E-state index contributed by atoms with van der Waals surface area (Å²) in [7, 11) is 0. The molecule has 1 fully saturated rings. The van der Waals surface area contributed by atoms with Crippen LogP contribution >= 0.6 is 0 Å². The van der Waals surface area contributed by atoms with Gasteiger partial charge in [-0.25, -0.2) is 0 Å². The third-order valence-corrected chi connectivity index (χ3v) is 4.10. The van der Waals surface area contributed by atoms with Gasteiger partial charge in [-0.1, -0.05) is 12.1 Å². The van der Waals surface area contributed by atoms with Gasteiger partial charge >= 0.3 is 0 Å². The Morgan fingerprint density at radius 1 is 1.40 bits per heavy atom. The van der Waals surface area contributed by atoms with Gasteiger partial charge in [-0.2, -0.15) is 0 Å². The summed E-state index contributed by atoms with van der Waals surface area (Å²) >= 11 is 0. The van der Waals surface area contributed by atoms with Crippen molar-refractivity contribution in [3.05, 3.63) is 45.7 Å². The van der Waals surface area contributed by atoms with Crippen molar-refractivity contribution in [3.8, 4) is 0 Å². The van der Waals surface area contributed by atoms with Crippen LogP contribution in [0.3, 0.4) is 0 Å². The zero-order valence-corrected chi connectivity index (χ0v) is 11.7. The Kier molecular flexibility index (Phi) is 3.59. The summed E-state index contributed by atoms with van der Waals surface area (Å²) in [6, 6.07) is 8.09. The molecule has 4 nitrogen and oxygen atoms in total. The Bertz CT molecular complexity index is 678. The lowest BCUT2D eigenvalue weighted by Crippen LogP contribution is -2.25. The summed E-state index contributed by atoms with van der Waals surface area (Å²) in [5.74, 6) is 0.359. The van der Waals surface area contributed by atoms with Crippen LogP contribution in [0.5, 0.6) is 0 Å². The lowest BCUT2D eigenvalue weighted by Gasteiger charge is -2.15. The number of aromatic nitrogens is 1. The number of aliphatic hydroxyl groups is 1. The van der Waals surface area contributed by atoms with Gasteiger partial charge in [0.15, 0.2) is 0 Å². The summed E-state index contributed by atoms with van der Waals surface area (Å²) in [6.45, 7) is 4.75. The molecule has 106 valence electrons. The first kappa shape index (κ1) is 13.3. The number of fused-ring (bicyclic) bond motifs is 1. The van der Waals surface area contributed by atoms with Crippen LogP contribution in [0.4, 0.5) is 0 Å². The average molecular weight is 272 g/mol. The molecule has 0 saturated carbocycles. The quantitative estimate of drug-likeness (QED) is 0.893. The first-order valence-electron chi connectivity index (χ1n) is 7.11. The van der Waals surface area contributed by atoms with Gasteiger partial charge in [-0.3, -0.25) is 9.69 Å². The molecule has 1 aliphatic rings. The van der Waals surface area contributed by atoms with Crippen LogP contribution in [0.2, 0.25) is 0 Å². The Morgan fingerprint density at radius 2 is 2.25 bits per heavy atom. The lowest BCUT2D eigenvalue weighted by molar-refractivity contribution is 0.220. The van der Waals surface area contributed by atoms with E-state index in [1.54, 1.807) is 0 Å². The largest absolute Gasteiger partial charge is 0.396 e. The summed E-state index contributed by atoms with van der Waals surface area (Å²) in [4.78, 5) is 17.4. The highest BCUT2D eigenvalue weighted by Crippen LogP contribution is 2.18. The monoisotopic (exact) mass is 272 g/mol. The maximum Gasteiger partial charge on any atom is 0.252 e. The second-order valence-electron chi connectivity index (χ2n) is 5.79. The molecule has 0 spiro atoms. The summed E-state index contributed by atoms with van der Waals surface area (Å²) in [5, 5.41) is 10.2. The Morgan fingerprint density at radius 3 is 3.00 bits per heavy atom. The number of aliphatic hydroxyl groups excluding tert-OH is 1. The van der Waals surface area contributed by atoms with Crippen LogP contribution in [0.1, 0.15) is 17.5 Å². The minimum atomic E-state index is -0.00412. The van der Waals surface area contributed by atoms with Crippen molar-refractivity contribution < 1.29 is 5.11 Å². The van der Waals surface area contributed by atoms with Crippen LogP contribution < -0.4 is 5.56 Å². The number of hydrogen-bond donors (Lipinski definition) is 2. The van der Waals surface area contributed by atoms with Crippen LogP contribution in [-0.2, 0) is 6.54 Å². The van der Waals surface area contributed by atoms with Gasteiger partial charge in [0.1, 0.15) is 0 Å². The minimum Gasteiger partial charge on any atom is -0.396 e. The predicted octanol–water partition coefficient (Wildman–Crippen LogP) is 1.65. The molecule has 1 unspecified atom stereocenters. The molecular formula is C16H20N2O2. The molecule has 0 bridgehead atoms. The number of benzene rings is 1. The summed E-state index contributed by atoms with van der Waals surface area (Å²) in [6.07, 6.45) is 1.02. The van der Waals surface area contributed by atoms with Gasteiger partial charge < -0.3 is 10.1 Å². The molecule has 2 aromatic rings. The highest BCUT2D eigenvalue weighted by molar-refractivity contribution is 5.79. The number of hydrogen-bond acceptors (Lipinski definition) is 3. The normalized spacial score (nSPS) is 19.8. The molecule has 1 aliphatic heterocycles. The molecule has 1 saturated heterocycles. The number of nitrogens with one attached hydrogen (secondary N) is 1. The van der Waals surface area contributed by atoms with Crippen molar-refractivity contribution in [3.63, 3.8) is 0 Å². The van der Waals surface area contributed by atoms with Gasteiger partial charge in [0, 0.05) is 30.8 Å². The topological polar surface area (TPSA) is 56.3 Å². The number of likely N-dealkylation sites (tertiary alicyclic amines) is 1. The molecule has 4 heteroatoms. The Labute approximate surface area is 118 Å². The molecule has 1 aromatic heterocycles. The van der Waals surface area contributed by atoms with E-state index in [9.17, 15) is 9.90 Å². The number of aryl methyl sites for hydroxylation is 1. The van der Waals surface area contributed by atoms with E-state index in [2.05, 4.69) is 16.0 Å². The number of rotatable bonds is 3. The smallest absolute Gasteiger partial charge is 0.252 e. The average Bonchev–Trinajstić information content (AvgIpc) is 2.87. The number of pyridine rings is 1. The first-order valence-corrected chi connectivity index (χ1v) is 7.11. The minimum absolute atomic E-state index is 0.00412. The van der Waals surface area contributed by atoms with Crippen molar-refractivity contribution in [1.29, 1.82) is 0 Å². The molecule has 0 aliphatic carbocycles. The molecule has 2 heterocycles. The predicted molar refractivity (Wildman–Crippen MR) is 79.8 cm³/mol. The highest BCUT2D eigenvalue weighted by Gasteiger charge is 2.22. The lowest BCUT2D eigenvalue weighted by atomic mass is 10.1. The molecule has 0 radical (unpaired) electrons. The molecule has 0 amide bonds. The van der Waals surface area contributed by atoms with E-state index in [1.165, 1.54) is 0 Å². The van der Waals surface area contributed by atoms with Crippen LogP contribution in [0, 0.1) is 12.8 Å². The maximum atomic E-state index is 12.2. The molecule has 20 heavy (non-hydrogen) atoms. The second kappa shape index (κ2) is 5.38. The summed E-state index contributed by atoms with van der Waals surface area (Å²) in [5.41, 5.74) is 2.84. The standard InChI is InChI=1S/C16H20N2O2/c1-11-2-3-13-7-14(16(20)17-15(13)6-11)9-18-5-4-12(8-18)10-19/h2-3,6-7,12,19H,4-5,8-10H2,1H3,(H,17,20). The third-order valence-electron chi connectivity index (χ3n) is 4.10. The Hall–Kier alpha value is -1.65. The fourth-order valence-corrected chi connectivity index (χ4v) is 2.92. The molecule has 1 atom stereocenters. The van der Waals surface area contributed by atoms with E-state index in [-0.39, 0.29) is 12.2 Å². The van der Waals surface area contributed by atoms with Gasteiger partial charge in [0.05, 0.1) is 0 Å². The molecular weight excluding hydrogens is 252 g/mol. The molecule has 1 aromatic carbocycles. The fraction of sp³-hybridized carbons (Fsp3) is 0.438. The molecule has 3 rings (SSSR count). The maximum absolute atomic E-state index is 12.2. The Balaban J connectivity index is 1.87. The SMILES string of the molecule is Cc1ccc2cc(CN3CCC(CO)C3)c(=O)[nH]c2c1. The van der Waals surface area contributed by atoms with Crippen molar-refractivity contribution in [1.82, 2.24) is 9.88 Å². The summed E-state index contributed by atoms with van der Waals surface area (Å²) < 4.78 is 0. The first-order chi connectivity index (χ1) is 9.65. The highest BCUT2D eigenvalue weighted by atomic mass is 16.3. The van der Waals surface area contributed by atoms with Crippen molar-refractivity contribution >= 4 is 10.9 Å². The number of nitrogens with zero attached hydrogens (tertiary/aromatic N) is 1. The van der Waals surface area contributed by atoms with Crippen LogP contribution in [0.25, 0.3) is 10.9 Å². The van der Waals surface area contributed by atoms with Crippen molar-refractivity contribution in [2.45, 2.75) is 19.9 Å². The molecule has 2 N–H and O–H groups in total. The zero-order valence-electron chi connectivity index (χ0n) is 11.7. The van der Waals surface area contributed by atoms with Crippen molar-refractivity contribution in [2.24, 2.45) is 5.92 Å². The zero-order chi connectivity index (χ0) is 14.1. The number of aromatic amines is 1. The van der Waals surface area contributed by atoms with Crippen LogP contribution in [0.15, 0.2) is 29.1 Å². The van der Waals surface area contributed by atoms with E-state index in [0.29, 0.717) is 12.5 Å². The fourth-order valence-electron chi connectivity index (χ4n) is 2.92. The van der Waals surface area contributed by atoms with E-state index >= 15 is 0 Å². The van der Waals surface area contributed by atoms with Gasteiger partial charge in [-0.15, -0.1) is 0 Å². The second-order valence-corrected chi connectivity index (χ2v) is 5.79. The van der Waals surface area contributed by atoms with E-state index in [0.717, 1.165) is 41.5 Å².